The third-order valence-corrected chi connectivity index (χ3v) is 4.44. The fourth-order valence-corrected chi connectivity index (χ4v) is 3.34. The summed E-state index contributed by atoms with van der Waals surface area (Å²) in [6, 6.07) is 5.24. The molecule has 0 saturated carbocycles. The minimum atomic E-state index is -0.824. The number of aliphatic hydroxyl groups is 1. The molecular weight excluding hydrogens is 269 g/mol. The summed E-state index contributed by atoms with van der Waals surface area (Å²) in [4.78, 5) is 2.42. The van der Waals surface area contributed by atoms with Gasteiger partial charge in [0.25, 0.3) is 0 Å². The van der Waals surface area contributed by atoms with Crippen LogP contribution in [0.15, 0.2) is 18.2 Å². The van der Waals surface area contributed by atoms with E-state index in [1.807, 2.05) is 0 Å². The van der Waals surface area contributed by atoms with Crippen LogP contribution in [-0.2, 0) is 0 Å². The van der Waals surface area contributed by atoms with E-state index in [0.29, 0.717) is 24.1 Å². The van der Waals surface area contributed by atoms with Gasteiger partial charge in [-0.05, 0) is 43.9 Å². The maximum atomic E-state index is 13.9. The molecule has 2 rings (SSSR count). The number of nitrogens with zero attached hydrogens (tertiary/aromatic N) is 1. The van der Waals surface area contributed by atoms with Crippen molar-refractivity contribution in [2.75, 3.05) is 20.2 Å². The van der Waals surface area contributed by atoms with Gasteiger partial charge in [-0.15, -0.1) is 0 Å². The second-order valence-electron chi connectivity index (χ2n) is 6.15. The smallest absolute Gasteiger partial charge is 0.132 e. The van der Waals surface area contributed by atoms with Crippen LogP contribution in [-0.4, -0.2) is 36.2 Å². The van der Waals surface area contributed by atoms with E-state index in [1.54, 1.807) is 12.1 Å². The van der Waals surface area contributed by atoms with Crippen molar-refractivity contribution in [3.05, 3.63) is 29.6 Å². The van der Waals surface area contributed by atoms with E-state index < -0.39 is 11.9 Å². The third-order valence-electron chi connectivity index (χ3n) is 4.44. The summed E-state index contributed by atoms with van der Waals surface area (Å²) in [5, 5.41) is 10.4. The summed E-state index contributed by atoms with van der Waals surface area (Å²) in [7, 11) is 1.50. The molecule has 1 aromatic carbocycles. The molecule has 1 N–H and O–H groups in total. The average Bonchev–Trinajstić information content (AvgIpc) is 2.93. The molecule has 1 aliphatic heterocycles. The third kappa shape index (κ3) is 3.74. The second kappa shape index (κ2) is 7.23. The molecule has 2 unspecified atom stereocenters. The van der Waals surface area contributed by atoms with Gasteiger partial charge in [0.2, 0.25) is 0 Å². The van der Waals surface area contributed by atoms with E-state index in [9.17, 15) is 9.50 Å². The molecule has 0 aliphatic carbocycles. The first kappa shape index (κ1) is 16.2. The average molecular weight is 295 g/mol. The van der Waals surface area contributed by atoms with Gasteiger partial charge in [0.05, 0.1) is 18.8 Å². The number of rotatable bonds is 6. The Labute approximate surface area is 126 Å². The fourth-order valence-electron chi connectivity index (χ4n) is 3.34. The zero-order valence-corrected chi connectivity index (χ0v) is 13.2. The predicted octanol–water partition coefficient (Wildman–Crippen LogP) is 3.38. The summed E-state index contributed by atoms with van der Waals surface area (Å²) in [5.41, 5.74) is 0.278. The number of benzene rings is 1. The van der Waals surface area contributed by atoms with Crippen molar-refractivity contribution in [2.24, 2.45) is 5.92 Å². The van der Waals surface area contributed by atoms with E-state index in [-0.39, 0.29) is 5.56 Å². The van der Waals surface area contributed by atoms with Crippen molar-refractivity contribution in [3.8, 4) is 5.75 Å². The van der Waals surface area contributed by atoms with Gasteiger partial charge in [-0.1, -0.05) is 19.9 Å². The molecule has 0 aromatic heterocycles. The van der Waals surface area contributed by atoms with Crippen LogP contribution in [0.25, 0.3) is 0 Å². The van der Waals surface area contributed by atoms with Gasteiger partial charge < -0.3 is 14.7 Å². The van der Waals surface area contributed by atoms with Crippen LogP contribution < -0.4 is 4.74 Å². The van der Waals surface area contributed by atoms with Crippen LogP contribution in [0.3, 0.4) is 0 Å². The van der Waals surface area contributed by atoms with Crippen molar-refractivity contribution in [2.45, 2.75) is 45.3 Å². The summed E-state index contributed by atoms with van der Waals surface area (Å²) in [6.07, 6.45) is 2.13. The van der Waals surface area contributed by atoms with Crippen molar-refractivity contribution in [1.29, 1.82) is 0 Å². The molecule has 0 radical (unpaired) electrons. The standard InChI is InChI=1S/C17H26FNO2/c1-12(2)14-7-5-10-19(14)11-9-15(20)17-13(18)6-4-8-16(17)21-3/h4,6,8,12,14-15,20H,5,7,9-11H2,1-3H3. The van der Waals surface area contributed by atoms with E-state index >= 15 is 0 Å². The van der Waals surface area contributed by atoms with E-state index in [0.717, 1.165) is 13.1 Å². The Kier molecular flexibility index (Phi) is 5.59. The zero-order chi connectivity index (χ0) is 15.4. The normalized spacial score (nSPS) is 21.0. The number of likely N-dealkylation sites (tertiary alicyclic amines) is 1. The number of methoxy groups -OCH3 is 1. The summed E-state index contributed by atoms with van der Waals surface area (Å²) < 4.78 is 19.1. The number of hydrogen-bond acceptors (Lipinski definition) is 3. The Morgan fingerprint density at radius 2 is 2.19 bits per heavy atom. The molecule has 0 spiro atoms. The summed E-state index contributed by atoms with van der Waals surface area (Å²) in [6.45, 7) is 6.34. The number of halogens is 1. The van der Waals surface area contributed by atoms with Gasteiger partial charge in [-0.2, -0.15) is 0 Å². The lowest BCUT2D eigenvalue weighted by atomic mass is 10.0. The highest BCUT2D eigenvalue weighted by Crippen LogP contribution is 2.31. The molecule has 21 heavy (non-hydrogen) atoms. The lowest BCUT2D eigenvalue weighted by Crippen LogP contribution is -2.34. The Bertz CT molecular complexity index is 464. The molecule has 1 fully saturated rings. The van der Waals surface area contributed by atoms with Crippen LogP contribution in [0.5, 0.6) is 5.75 Å². The molecule has 118 valence electrons. The number of ether oxygens (including phenoxy) is 1. The molecule has 1 saturated heterocycles. The lowest BCUT2D eigenvalue weighted by Gasteiger charge is -2.28. The highest BCUT2D eigenvalue weighted by atomic mass is 19.1. The number of aliphatic hydroxyl groups excluding tert-OH is 1. The molecule has 2 atom stereocenters. The van der Waals surface area contributed by atoms with Crippen LogP contribution in [0, 0.1) is 11.7 Å². The quantitative estimate of drug-likeness (QED) is 0.873. The van der Waals surface area contributed by atoms with Gasteiger partial charge >= 0.3 is 0 Å². The highest BCUT2D eigenvalue weighted by Gasteiger charge is 2.28. The first-order chi connectivity index (χ1) is 10.0. The molecule has 1 aromatic rings. The maximum absolute atomic E-state index is 13.9. The molecular formula is C17H26FNO2. The first-order valence-corrected chi connectivity index (χ1v) is 7.79. The van der Waals surface area contributed by atoms with Crippen molar-refractivity contribution in [1.82, 2.24) is 4.90 Å². The van der Waals surface area contributed by atoms with Gasteiger partial charge in [0.15, 0.2) is 0 Å². The Morgan fingerprint density at radius 1 is 1.43 bits per heavy atom. The van der Waals surface area contributed by atoms with Crippen LogP contribution in [0.2, 0.25) is 0 Å². The highest BCUT2D eigenvalue weighted by molar-refractivity contribution is 5.36. The van der Waals surface area contributed by atoms with Crippen LogP contribution in [0.1, 0.15) is 44.8 Å². The largest absolute Gasteiger partial charge is 0.496 e. The topological polar surface area (TPSA) is 32.7 Å². The van der Waals surface area contributed by atoms with Gasteiger partial charge in [0, 0.05) is 12.6 Å². The SMILES string of the molecule is COc1cccc(F)c1C(O)CCN1CCCC1C(C)C. The molecule has 1 aliphatic rings. The summed E-state index contributed by atoms with van der Waals surface area (Å²) >= 11 is 0. The van der Waals surface area contributed by atoms with Gasteiger partial charge in [0.1, 0.15) is 11.6 Å². The zero-order valence-electron chi connectivity index (χ0n) is 13.2. The van der Waals surface area contributed by atoms with Crippen molar-refractivity contribution >= 4 is 0 Å². The van der Waals surface area contributed by atoms with E-state index in [1.165, 1.54) is 26.0 Å². The molecule has 0 bridgehead atoms. The van der Waals surface area contributed by atoms with Crippen LogP contribution in [0.4, 0.5) is 4.39 Å². The Morgan fingerprint density at radius 3 is 2.86 bits per heavy atom. The molecule has 0 amide bonds. The number of hydrogen-bond donors (Lipinski definition) is 1. The summed E-state index contributed by atoms with van der Waals surface area (Å²) in [5.74, 6) is 0.639. The second-order valence-corrected chi connectivity index (χ2v) is 6.15. The minimum absolute atomic E-state index is 0.278. The fraction of sp³-hybridized carbons (Fsp3) is 0.647. The molecule has 3 nitrogen and oxygen atoms in total. The lowest BCUT2D eigenvalue weighted by molar-refractivity contribution is 0.123. The first-order valence-electron chi connectivity index (χ1n) is 7.79. The van der Waals surface area contributed by atoms with Gasteiger partial charge in [-0.3, -0.25) is 0 Å². The van der Waals surface area contributed by atoms with Crippen molar-refractivity contribution in [3.63, 3.8) is 0 Å². The van der Waals surface area contributed by atoms with E-state index in [2.05, 4.69) is 18.7 Å². The van der Waals surface area contributed by atoms with Crippen molar-refractivity contribution < 1.29 is 14.2 Å². The van der Waals surface area contributed by atoms with Crippen LogP contribution >= 0.6 is 0 Å². The Balaban J connectivity index is 2.00. The molecule has 1 heterocycles. The molecule has 4 heteroatoms. The monoisotopic (exact) mass is 295 g/mol. The Hall–Kier alpha value is -1.13. The van der Waals surface area contributed by atoms with E-state index in [4.69, 9.17) is 4.74 Å². The minimum Gasteiger partial charge on any atom is -0.496 e. The predicted molar refractivity (Wildman–Crippen MR) is 82.0 cm³/mol. The van der Waals surface area contributed by atoms with Gasteiger partial charge in [-0.25, -0.2) is 4.39 Å². The maximum Gasteiger partial charge on any atom is 0.132 e.